The first-order valence-corrected chi connectivity index (χ1v) is 10.8. The Morgan fingerprint density at radius 3 is 2.30 bits per heavy atom. The third-order valence-electron chi connectivity index (χ3n) is 5.93. The van der Waals surface area contributed by atoms with Gasteiger partial charge in [-0.15, -0.1) is 0 Å². The summed E-state index contributed by atoms with van der Waals surface area (Å²) in [4.78, 5) is 8.92. The lowest BCUT2D eigenvalue weighted by Gasteiger charge is -2.31. The van der Waals surface area contributed by atoms with Crippen LogP contribution in [0.1, 0.15) is 70.9 Å². The largest absolute Gasteiger partial charge is 0.494 e. The van der Waals surface area contributed by atoms with Gasteiger partial charge in [-0.25, -0.2) is 0 Å². The average Bonchev–Trinajstić information content (AvgIpc) is 2.73. The summed E-state index contributed by atoms with van der Waals surface area (Å²) < 4.78 is 5.98. The number of rotatable bonds is 9. The topological polar surface area (TPSA) is 35.0 Å². The zero-order valence-electron chi connectivity index (χ0n) is 17.0. The zero-order valence-corrected chi connectivity index (χ0v) is 17.0. The van der Waals surface area contributed by atoms with Gasteiger partial charge < -0.3 is 4.74 Å². The van der Waals surface area contributed by atoms with Crippen LogP contribution in [0.2, 0.25) is 0 Å². The first-order valence-electron chi connectivity index (χ1n) is 10.8. The summed E-state index contributed by atoms with van der Waals surface area (Å²) in [6.45, 7) is 5.23. The molecule has 1 aromatic carbocycles. The second-order valence-corrected chi connectivity index (χ2v) is 7.85. The van der Waals surface area contributed by atoms with Gasteiger partial charge in [-0.2, -0.15) is 0 Å². The lowest BCUT2D eigenvalue weighted by atomic mass is 9.75. The van der Waals surface area contributed by atoms with E-state index in [0.29, 0.717) is 0 Å². The number of ether oxygens (including phenoxy) is 1. The molecule has 27 heavy (non-hydrogen) atoms. The zero-order chi connectivity index (χ0) is 18.9. The van der Waals surface area contributed by atoms with Crippen LogP contribution in [0.4, 0.5) is 0 Å². The lowest BCUT2D eigenvalue weighted by molar-refractivity contribution is 0.193. The quantitative estimate of drug-likeness (QED) is 0.477. The second kappa shape index (κ2) is 10.4. The fourth-order valence-electron chi connectivity index (χ4n) is 4.36. The molecule has 0 spiro atoms. The molecule has 3 nitrogen and oxygen atoms in total. The van der Waals surface area contributed by atoms with Crippen molar-refractivity contribution in [2.45, 2.75) is 71.6 Å². The minimum Gasteiger partial charge on any atom is -0.494 e. The molecule has 1 saturated carbocycles. The summed E-state index contributed by atoms with van der Waals surface area (Å²) in [5.74, 6) is 2.84. The van der Waals surface area contributed by atoms with Crippen LogP contribution >= 0.6 is 0 Å². The summed E-state index contributed by atoms with van der Waals surface area (Å²) >= 11 is 0. The van der Waals surface area contributed by atoms with Crippen molar-refractivity contribution >= 4 is 0 Å². The molecule has 146 valence electrons. The summed E-state index contributed by atoms with van der Waals surface area (Å²) in [5.41, 5.74) is 3.03. The Kier molecular flexibility index (Phi) is 7.67. The van der Waals surface area contributed by atoms with Crippen molar-refractivity contribution in [2.24, 2.45) is 11.8 Å². The molecule has 1 aromatic heterocycles. The van der Waals surface area contributed by atoms with Gasteiger partial charge in [0.25, 0.3) is 0 Å². The van der Waals surface area contributed by atoms with Gasteiger partial charge in [0, 0.05) is 11.8 Å². The van der Waals surface area contributed by atoms with E-state index in [1.165, 1.54) is 44.9 Å². The molecule has 0 bridgehead atoms. The minimum absolute atomic E-state index is 0.819. The summed E-state index contributed by atoms with van der Waals surface area (Å²) in [5, 5.41) is 0. The predicted molar refractivity (Wildman–Crippen MR) is 112 cm³/mol. The van der Waals surface area contributed by atoms with Gasteiger partial charge in [-0.1, -0.05) is 52.4 Å². The number of nitrogens with zero attached hydrogens (tertiary/aromatic N) is 2. The van der Waals surface area contributed by atoms with E-state index in [0.717, 1.165) is 54.0 Å². The number of hydrogen-bond acceptors (Lipinski definition) is 3. The maximum Gasteiger partial charge on any atom is 0.119 e. The molecule has 0 N–H and O–H groups in total. The molecule has 0 amide bonds. The van der Waals surface area contributed by atoms with E-state index in [9.17, 15) is 0 Å². The molecular formula is C24H34N2O. The molecule has 1 fully saturated rings. The van der Waals surface area contributed by atoms with Crippen LogP contribution in [-0.4, -0.2) is 16.6 Å². The summed E-state index contributed by atoms with van der Waals surface area (Å²) in [7, 11) is 0. The molecule has 0 saturated heterocycles. The number of benzene rings is 1. The Labute approximate surface area is 164 Å². The molecule has 1 aliphatic rings. The minimum atomic E-state index is 0.819. The Bertz CT molecular complexity index is 664. The van der Waals surface area contributed by atoms with E-state index in [-0.39, 0.29) is 0 Å². The van der Waals surface area contributed by atoms with Crippen molar-refractivity contribution in [3.63, 3.8) is 0 Å². The molecule has 1 heterocycles. The van der Waals surface area contributed by atoms with Crippen LogP contribution < -0.4 is 4.74 Å². The van der Waals surface area contributed by atoms with Crippen LogP contribution in [0.3, 0.4) is 0 Å². The van der Waals surface area contributed by atoms with Gasteiger partial charge in [0.1, 0.15) is 5.75 Å². The Hall–Kier alpha value is -1.90. The van der Waals surface area contributed by atoms with Crippen LogP contribution in [-0.2, 0) is 6.42 Å². The average molecular weight is 367 g/mol. The van der Waals surface area contributed by atoms with Gasteiger partial charge in [0.05, 0.1) is 24.2 Å². The van der Waals surface area contributed by atoms with Gasteiger partial charge in [0.15, 0.2) is 0 Å². The number of aryl methyl sites for hydroxylation is 1. The van der Waals surface area contributed by atoms with Gasteiger partial charge in [-0.05, 0) is 55.4 Å². The Balaban J connectivity index is 1.44. The van der Waals surface area contributed by atoms with Crippen LogP contribution in [0.15, 0.2) is 36.7 Å². The molecule has 0 radical (unpaired) electrons. The normalized spacial score (nSPS) is 19.8. The van der Waals surface area contributed by atoms with Gasteiger partial charge >= 0.3 is 0 Å². The van der Waals surface area contributed by atoms with Crippen LogP contribution in [0.5, 0.6) is 5.75 Å². The van der Waals surface area contributed by atoms with E-state index in [2.05, 4.69) is 35.9 Å². The van der Waals surface area contributed by atoms with Crippen LogP contribution in [0, 0.1) is 11.8 Å². The Morgan fingerprint density at radius 2 is 1.67 bits per heavy atom. The van der Waals surface area contributed by atoms with Crippen LogP contribution in [0.25, 0.3) is 11.3 Å². The van der Waals surface area contributed by atoms with Crippen molar-refractivity contribution in [2.75, 3.05) is 6.61 Å². The van der Waals surface area contributed by atoms with Gasteiger partial charge in [-0.3, -0.25) is 9.97 Å². The fraction of sp³-hybridized carbons (Fsp3) is 0.583. The highest BCUT2D eigenvalue weighted by molar-refractivity contribution is 5.58. The van der Waals surface area contributed by atoms with Crippen molar-refractivity contribution in [1.82, 2.24) is 9.97 Å². The predicted octanol–water partition coefficient (Wildman–Crippen LogP) is 6.47. The number of hydrogen-bond donors (Lipinski definition) is 0. The first-order chi connectivity index (χ1) is 13.3. The third-order valence-corrected chi connectivity index (χ3v) is 5.93. The molecule has 2 unspecified atom stereocenters. The highest BCUT2D eigenvalue weighted by Crippen LogP contribution is 2.36. The molecular weight excluding hydrogens is 332 g/mol. The summed E-state index contributed by atoms with van der Waals surface area (Å²) in [6.07, 6.45) is 15.6. The fourth-order valence-corrected chi connectivity index (χ4v) is 4.36. The Morgan fingerprint density at radius 1 is 0.926 bits per heavy atom. The van der Waals surface area contributed by atoms with Crippen molar-refractivity contribution in [3.05, 3.63) is 42.4 Å². The van der Waals surface area contributed by atoms with Crippen molar-refractivity contribution < 1.29 is 4.74 Å². The van der Waals surface area contributed by atoms with Crippen molar-refractivity contribution in [3.8, 4) is 17.0 Å². The molecule has 0 aliphatic heterocycles. The maximum atomic E-state index is 5.98. The van der Waals surface area contributed by atoms with E-state index in [1.807, 2.05) is 24.5 Å². The van der Waals surface area contributed by atoms with Gasteiger partial charge in [0.2, 0.25) is 0 Å². The smallest absolute Gasteiger partial charge is 0.119 e. The summed E-state index contributed by atoms with van der Waals surface area (Å²) in [6, 6.07) is 8.24. The molecule has 3 heteroatoms. The highest BCUT2D eigenvalue weighted by atomic mass is 16.5. The monoisotopic (exact) mass is 366 g/mol. The molecule has 3 rings (SSSR count). The molecule has 2 atom stereocenters. The third kappa shape index (κ3) is 5.79. The van der Waals surface area contributed by atoms with E-state index in [4.69, 9.17) is 4.74 Å². The maximum absolute atomic E-state index is 5.98. The van der Waals surface area contributed by atoms with E-state index >= 15 is 0 Å². The standard InChI is InChI=1S/C24H34N2O/c1-3-8-19-9-5-6-10-20(19)11-7-16-27-23-14-12-21(13-15-23)24-18-25-22(4-2)17-26-24/h12-15,17-20H,3-11,16H2,1-2H3. The van der Waals surface area contributed by atoms with Crippen molar-refractivity contribution in [1.29, 1.82) is 0 Å². The molecule has 2 aromatic rings. The SMILES string of the molecule is CCCC1CCCCC1CCCOc1ccc(-c2cnc(CC)cn2)cc1. The first kappa shape index (κ1) is 19.9. The highest BCUT2D eigenvalue weighted by Gasteiger charge is 2.23. The van der Waals surface area contributed by atoms with E-state index < -0.39 is 0 Å². The van der Waals surface area contributed by atoms with E-state index in [1.54, 1.807) is 0 Å². The second-order valence-electron chi connectivity index (χ2n) is 7.85. The molecule has 1 aliphatic carbocycles. The number of aromatic nitrogens is 2. The lowest BCUT2D eigenvalue weighted by Crippen LogP contribution is -2.20.